The molecule has 50 nitrogen and oxygen atoms in total. The number of hydrogen-bond donors (Lipinski definition) is 12. The first-order valence-electron chi connectivity index (χ1n) is 30.2. The van der Waals surface area contributed by atoms with Crippen LogP contribution in [0.1, 0.15) is 63.2 Å². The van der Waals surface area contributed by atoms with E-state index in [0.29, 0.717) is 0 Å². The van der Waals surface area contributed by atoms with Gasteiger partial charge in [-0.3, -0.25) is 83.1 Å². The van der Waals surface area contributed by atoms with Crippen molar-refractivity contribution in [1.82, 2.24) is 77.7 Å². The predicted molar refractivity (Wildman–Crippen MR) is 336 cm³/mol. The van der Waals surface area contributed by atoms with Gasteiger partial charge in [-0.2, -0.15) is 19.9 Å². The number of anilines is 5. The number of rotatable bonds is 28. The first-order chi connectivity index (χ1) is 48.8. The first kappa shape index (κ1) is 73.4. The molecule has 5 aliphatic rings. The van der Waals surface area contributed by atoms with E-state index < -0.39 is 206 Å². The number of fused-ring (bicyclic) bond motifs is 3. The molecule has 0 aromatic carbocycles. The highest BCUT2D eigenvalue weighted by Gasteiger charge is 2.50. The number of aliphatic hydroxyl groups is 1. The van der Waals surface area contributed by atoms with Crippen molar-refractivity contribution in [2.75, 3.05) is 61.7 Å². The van der Waals surface area contributed by atoms with Gasteiger partial charge in [0, 0.05) is 44.5 Å². The molecular formula is C48H60N21O29P5. The highest BCUT2D eigenvalue weighted by atomic mass is 31.2. The fraction of sp³-hybridized carbons (Fsp3) is 0.521. The van der Waals surface area contributed by atoms with Gasteiger partial charge in [0.05, 0.1) is 58.1 Å². The maximum atomic E-state index is 14.2. The van der Waals surface area contributed by atoms with Crippen molar-refractivity contribution < 1.29 is 116 Å². The number of imidazole rings is 3. The number of H-pyrrole nitrogens is 2. The first-order valence-corrected chi connectivity index (χ1v) is 37.3. The van der Waals surface area contributed by atoms with E-state index in [1.165, 1.54) is 38.5 Å². The van der Waals surface area contributed by atoms with Crippen LogP contribution in [-0.2, 0) is 91.8 Å². The van der Waals surface area contributed by atoms with Gasteiger partial charge in [-0.1, -0.05) is 0 Å². The lowest BCUT2D eigenvalue weighted by Gasteiger charge is -2.25. The number of phosphoric ester groups is 4. The number of nitrogen functional groups attached to an aromatic ring is 5. The van der Waals surface area contributed by atoms with E-state index in [-0.39, 0.29) is 75.7 Å². The summed E-state index contributed by atoms with van der Waals surface area (Å²) in [4.78, 5) is 137. The molecule has 0 radical (unpaired) electrons. The summed E-state index contributed by atoms with van der Waals surface area (Å²) in [6, 6.07) is 2.40. The molecular weight excluding hydrogens is 1490 g/mol. The van der Waals surface area contributed by atoms with Gasteiger partial charge in [0.25, 0.3) is 11.1 Å². The topological polar surface area (TPSA) is 703 Å². The number of nitrogens with two attached hydrogens (primary N) is 5. The monoisotopic (exact) mass is 1550 g/mol. The Kier molecular flexibility index (Phi) is 20.8. The Labute approximate surface area is 571 Å². The Balaban J connectivity index is 0.692. The number of ether oxygens (including phenoxy) is 5. The second-order valence-corrected chi connectivity index (χ2v) is 29.6. The van der Waals surface area contributed by atoms with E-state index in [1.54, 1.807) is 0 Å². The van der Waals surface area contributed by atoms with Crippen molar-refractivity contribution in [2.24, 2.45) is 0 Å². The molecule has 0 spiro atoms. The van der Waals surface area contributed by atoms with E-state index in [2.05, 4.69) is 54.8 Å². The molecule has 8 aromatic heterocycles. The van der Waals surface area contributed by atoms with Crippen molar-refractivity contribution in [3.8, 4) is 0 Å². The fourth-order valence-electron chi connectivity index (χ4n) is 11.9. The number of aliphatic hydroxyl groups excluding tert-OH is 1. The summed E-state index contributed by atoms with van der Waals surface area (Å²) >= 11 is 0. The quantitative estimate of drug-likeness (QED) is 0.0247. The molecule has 13 heterocycles. The largest absolute Gasteiger partial charge is 0.472 e. The van der Waals surface area contributed by atoms with Gasteiger partial charge >= 0.3 is 50.6 Å². The van der Waals surface area contributed by atoms with Crippen LogP contribution < -0.4 is 51.2 Å². The maximum absolute atomic E-state index is 14.2. The number of aromatic amines is 2. The zero-order valence-electron chi connectivity index (χ0n) is 52.3. The molecule has 13 rings (SSSR count). The van der Waals surface area contributed by atoms with Gasteiger partial charge < -0.3 is 77.0 Å². The molecule has 556 valence electrons. The second-order valence-electron chi connectivity index (χ2n) is 23.3. The van der Waals surface area contributed by atoms with Crippen LogP contribution in [0.2, 0.25) is 0 Å². The van der Waals surface area contributed by atoms with E-state index in [4.69, 9.17) is 93.1 Å². The lowest BCUT2D eigenvalue weighted by atomic mass is 10.2. The van der Waals surface area contributed by atoms with Gasteiger partial charge in [-0.25, -0.2) is 61.9 Å². The van der Waals surface area contributed by atoms with Crippen molar-refractivity contribution in [3.63, 3.8) is 0 Å². The Hall–Kier alpha value is -7.93. The summed E-state index contributed by atoms with van der Waals surface area (Å²) in [6.45, 7) is -4.68. The van der Waals surface area contributed by atoms with Gasteiger partial charge in [-0.05, 0) is 12.1 Å². The van der Waals surface area contributed by atoms with Crippen LogP contribution in [0.4, 0.5) is 29.4 Å². The predicted octanol–water partition coefficient (Wildman–Crippen LogP) is -1.57. The number of phosphoric acid groups is 4. The smallest absolute Gasteiger partial charge is 0.390 e. The average molecular weight is 1550 g/mol. The van der Waals surface area contributed by atoms with Gasteiger partial charge in [0.2, 0.25) is 11.9 Å². The highest BCUT2D eigenvalue weighted by Crippen LogP contribution is 2.55. The number of nitrogens with one attached hydrogen (secondary N) is 2. The Morgan fingerprint density at radius 1 is 0.466 bits per heavy atom. The zero-order valence-corrected chi connectivity index (χ0v) is 56.7. The molecule has 103 heavy (non-hydrogen) atoms. The van der Waals surface area contributed by atoms with E-state index in [0.717, 1.165) is 34.2 Å². The molecule has 8 aromatic rings. The minimum absolute atomic E-state index is 0.0608. The van der Waals surface area contributed by atoms with Crippen LogP contribution in [0, 0.1) is 0 Å². The summed E-state index contributed by atoms with van der Waals surface area (Å²) in [6.07, 6.45) is -16.8. The summed E-state index contributed by atoms with van der Waals surface area (Å²) in [5.41, 5.74) is 25.4. The molecule has 4 unspecified atom stereocenters. The molecule has 5 aliphatic heterocycles. The van der Waals surface area contributed by atoms with E-state index >= 15 is 0 Å². The minimum atomic E-state index is -5.55. The summed E-state index contributed by atoms with van der Waals surface area (Å²) in [7, 11) is -25.2. The third-order valence-corrected chi connectivity index (χ3v) is 20.9. The molecule has 0 saturated carbocycles. The second kappa shape index (κ2) is 29.2. The lowest BCUT2D eigenvalue weighted by molar-refractivity contribution is -0.0640. The van der Waals surface area contributed by atoms with Crippen LogP contribution in [0.25, 0.3) is 33.5 Å². The Morgan fingerprint density at radius 2 is 0.816 bits per heavy atom. The normalized spacial score (nSPS) is 29.0. The molecule has 55 heteroatoms. The minimum Gasteiger partial charge on any atom is -0.390 e. The molecule has 17 N–H and O–H groups in total. The van der Waals surface area contributed by atoms with Crippen LogP contribution >= 0.6 is 39.2 Å². The van der Waals surface area contributed by atoms with Crippen molar-refractivity contribution in [1.29, 1.82) is 0 Å². The summed E-state index contributed by atoms with van der Waals surface area (Å²) in [5.74, 6) is -1.00. The maximum Gasteiger partial charge on any atom is 0.472 e. The molecule has 0 bridgehead atoms. The number of aromatic nitrogens is 16. The molecule has 0 aliphatic carbocycles. The molecule has 19 atom stereocenters. The lowest BCUT2D eigenvalue weighted by Crippen LogP contribution is -2.32. The average Bonchev–Trinajstić information content (AvgIpc) is 1.63. The van der Waals surface area contributed by atoms with Crippen LogP contribution in [-0.4, -0.2) is 196 Å². The van der Waals surface area contributed by atoms with Gasteiger partial charge in [0.1, 0.15) is 110 Å². The van der Waals surface area contributed by atoms with Crippen molar-refractivity contribution in [2.45, 2.75) is 124 Å². The Morgan fingerprint density at radius 3 is 1.21 bits per heavy atom. The fourth-order valence-corrected chi connectivity index (χ4v) is 16.0. The summed E-state index contributed by atoms with van der Waals surface area (Å²) < 4.78 is 163. The standard InChI is InChI=1S/C48H60N21O29P5/c49-29-1-3-65(47(73)59-29)32-6-21(26(92-32)12-87-101(79,80)95-20-8-34(91-25(20)10-85-99(75)76)68-17-57-37-41(68)61-45(52)63-43(37)71)96-102(81,82)88-13-27-22(7-33(93-27)66-4-2-30(50)60-48(66)74)97-103(83,84)89-14-28-23(9-35(94-28)69-18-58-38-42(69)62-46(53)64-44(38)72)98-100(77,78)86-11-24-19(70)5-31(90-24)67-16-56-36-39(51)54-15-55-40(36)67/h1-4,15-28,31-35,70H,5-14H2,(H,77,78)(H,79,80)(H,81,82)(H,83,84)(H2,49,59,73)(H2,50,60,74)(H2,51,54,55)(H3,52,61,63,71)(H3,53,62,64,72)/t19-,20-,21-,22-,23-,24+,25+,26+,27+,28+,31+,32+,33+,34+,35+/m0/s1. The third-order valence-electron chi connectivity index (χ3n) is 16.5. The van der Waals surface area contributed by atoms with Crippen LogP contribution in [0.3, 0.4) is 0 Å². The zero-order chi connectivity index (χ0) is 73.2. The summed E-state index contributed by atoms with van der Waals surface area (Å²) in [5, 5.41) is 11.0. The highest BCUT2D eigenvalue weighted by molar-refractivity contribution is 7.48. The Bertz CT molecular complexity index is 5050. The van der Waals surface area contributed by atoms with Gasteiger partial charge in [0.15, 0.2) is 33.8 Å². The van der Waals surface area contributed by atoms with Crippen molar-refractivity contribution >= 4 is 102 Å². The van der Waals surface area contributed by atoms with E-state index in [1.807, 2.05) is 0 Å². The van der Waals surface area contributed by atoms with Crippen molar-refractivity contribution in [3.05, 3.63) is 91.5 Å². The van der Waals surface area contributed by atoms with E-state index in [9.17, 15) is 71.2 Å². The molecule has 0 amide bonds. The third kappa shape index (κ3) is 16.5. The van der Waals surface area contributed by atoms with Crippen LogP contribution in [0.15, 0.2) is 69.0 Å². The number of hydrogen-bond acceptors (Lipinski definition) is 39. The molecule has 5 fully saturated rings. The van der Waals surface area contributed by atoms with Crippen LogP contribution in [0.5, 0.6) is 0 Å². The van der Waals surface area contributed by atoms with Gasteiger partial charge in [-0.15, -0.1) is 0 Å². The SMILES string of the molecule is Nc1ccn([C@H]2C[C@H](OP(=O)(O)OC[C@H]3O[C@@H](n4cnc5c(=O)[nH]c(N)nc54)C[C@@H]3OP(=O)(O)OC[C@H]3O[C@@H](n4cnc5c(N)ncnc54)C[C@@H]3O)[C@@H](COP(=O)(O)O[C@H]3C[C@H](n4ccc(N)nc4=O)O[C@@H]3COP(=O)(O)O[C@H]3C[C@H](n4cnc5c(=O)[nH]c(N)nc54)O[C@@H]3COP(=O)=O)O2)c(=O)n1. The molecule has 5 saturated heterocycles. The number of nitrogens with zero attached hydrogens (tertiary/aromatic N) is 14.